The highest BCUT2D eigenvalue weighted by molar-refractivity contribution is 5.92. The molecule has 10 fully saturated rings. The molecular formula is C37H58O18. The molecule has 5 spiro atoms. The summed E-state index contributed by atoms with van der Waals surface area (Å²) in [6.45, 7) is 11.5. The largest absolute Gasteiger partial charge is 0.388 e. The van der Waals surface area contributed by atoms with Crippen molar-refractivity contribution in [2.45, 2.75) is 188 Å². The zero-order chi connectivity index (χ0) is 39.3. The monoisotopic (exact) mass is 790 g/mol. The Kier molecular flexibility index (Phi) is 10.4. The summed E-state index contributed by atoms with van der Waals surface area (Å²) in [5.74, 6) is -7.52. The van der Waals surface area contributed by atoms with Gasteiger partial charge in [0.2, 0.25) is 17.4 Å². The third-order valence-corrected chi connectivity index (χ3v) is 12.0. The van der Waals surface area contributed by atoms with Gasteiger partial charge in [-0.05, 0) is 67.2 Å². The zero-order valence-corrected chi connectivity index (χ0v) is 32.5. The highest BCUT2D eigenvalue weighted by Crippen LogP contribution is 2.49. The second-order valence-corrected chi connectivity index (χ2v) is 17.7. The molecule has 0 aromatic carbocycles. The van der Waals surface area contributed by atoms with Crippen LogP contribution in [0.2, 0.25) is 0 Å². The number of ether oxygens (including phenoxy) is 13. The number of ketones is 1. The van der Waals surface area contributed by atoms with Gasteiger partial charge < -0.3 is 82.0 Å². The average Bonchev–Trinajstić information content (AvgIpc) is 4.00. The minimum absolute atomic E-state index is 0.0327. The smallest absolute Gasteiger partial charge is 0.258 e. The molecule has 0 aromatic heterocycles. The van der Waals surface area contributed by atoms with Gasteiger partial charge in [0.1, 0.15) is 62.5 Å². The van der Waals surface area contributed by atoms with E-state index in [-0.39, 0.29) is 44.4 Å². The molecule has 18 heteroatoms. The summed E-state index contributed by atoms with van der Waals surface area (Å²) in [6.07, 6.45) is 1.71. The Morgan fingerprint density at radius 1 is 0.527 bits per heavy atom. The number of hydrogen-bond acceptors (Lipinski definition) is 18. The van der Waals surface area contributed by atoms with Gasteiger partial charge in [0, 0.05) is 25.7 Å². The van der Waals surface area contributed by atoms with Crippen LogP contribution in [0.3, 0.4) is 0 Å². The molecule has 10 rings (SSSR count). The number of fused-ring (bicyclic) bond motifs is 2. The molecular weight excluding hydrogens is 732 g/mol. The average molecular weight is 791 g/mol. The Hall–Kier alpha value is -1.01. The lowest BCUT2D eigenvalue weighted by Gasteiger charge is -2.41. The molecule has 0 unspecified atom stereocenters. The van der Waals surface area contributed by atoms with Gasteiger partial charge in [-0.25, -0.2) is 0 Å². The summed E-state index contributed by atoms with van der Waals surface area (Å²) in [6, 6.07) is 0. The highest BCUT2D eigenvalue weighted by atomic mass is 16.9. The van der Waals surface area contributed by atoms with Crippen LogP contribution in [0, 0.1) is 0 Å². The molecule has 0 amide bonds. The minimum atomic E-state index is -1.36. The van der Waals surface area contributed by atoms with Crippen molar-refractivity contribution in [3.05, 3.63) is 0 Å². The van der Waals surface area contributed by atoms with Crippen LogP contribution >= 0.6 is 0 Å². The van der Waals surface area contributed by atoms with Crippen molar-refractivity contribution in [2.75, 3.05) is 39.6 Å². The first-order valence-electron chi connectivity index (χ1n) is 19.7. The molecule has 2 aliphatic carbocycles. The van der Waals surface area contributed by atoms with E-state index in [1.807, 2.05) is 13.8 Å². The van der Waals surface area contributed by atoms with Crippen molar-refractivity contribution < 1.29 is 86.8 Å². The molecule has 10 aliphatic rings. The zero-order valence-electron chi connectivity index (χ0n) is 32.5. The van der Waals surface area contributed by atoms with Crippen LogP contribution in [0.1, 0.15) is 92.9 Å². The van der Waals surface area contributed by atoms with Crippen LogP contribution in [0.5, 0.6) is 0 Å². The maximum atomic E-state index is 12.7. The molecule has 0 aromatic rings. The number of carbonyl (C=O) groups is 1. The third kappa shape index (κ3) is 7.45. The van der Waals surface area contributed by atoms with E-state index >= 15 is 0 Å². The van der Waals surface area contributed by atoms with Crippen LogP contribution in [0.15, 0.2) is 0 Å². The Morgan fingerprint density at radius 2 is 1.02 bits per heavy atom. The Morgan fingerprint density at radius 3 is 1.56 bits per heavy atom. The first-order valence-corrected chi connectivity index (χ1v) is 19.7. The second kappa shape index (κ2) is 14.0. The molecule has 314 valence electrons. The van der Waals surface area contributed by atoms with Crippen molar-refractivity contribution in [2.24, 2.45) is 0 Å². The lowest BCUT2D eigenvalue weighted by Crippen LogP contribution is -2.62. The van der Waals surface area contributed by atoms with Crippen LogP contribution in [0.4, 0.5) is 0 Å². The Balaban J connectivity index is 0.000000118. The summed E-state index contributed by atoms with van der Waals surface area (Å²) in [4.78, 5) is 12.7. The summed E-state index contributed by atoms with van der Waals surface area (Å²) >= 11 is 0. The molecule has 11 atom stereocenters. The van der Waals surface area contributed by atoms with Crippen LogP contribution in [-0.4, -0.2) is 161 Å². The maximum Gasteiger partial charge on any atom is 0.258 e. The number of aliphatic hydroxyl groups is 4. The molecule has 0 radical (unpaired) electrons. The van der Waals surface area contributed by atoms with Gasteiger partial charge in [-0.2, -0.15) is 0 Å². The van der Waals surface area contributed by atoms with Crippen molar-refractivity contribution in [3.63, 3.8) is 0 Å². The van der Waals surface area contributed by atoms with E-state index in [0.29, 0.717) is 13.2 Å². The fourth-order valence-electron chi connectivity index (χ4n) is 9.20. The lowest BCUT2D eigenvalue weighted by molar-refractivity contribution is -0.337. The molecule has 18 nitrogen and oxygen atoms in total. The summed E-state index contributed by atoms with van der Waals surface area (Å²) < 4.78 is 74.2. The molecule has 8 aliphatic heterocycles. The Bertz CT molecular complexity index is 1430. The van der Waals surface area contributed by atoms with Gasteiger partial charge in [-0.1, -0.05) is 0 Å². The topological polar surface area (TPSA) is 218 Å². The normalized spacial score (nSPS) is 47.9. The number of hydrogen-bond donors (Lipinski definition) is 4. The van der Waals surface area contributed by atoms with E-state index in [4.69, 9.17) is 61.6 Å². The van der Waals surface area contributed by atoms with E-state index in [0.717, 1.165) is 51.4 Å². The molecule has 4 N–H and O–H groups in total. The van der Waals surface area contributed by atoms with E-state index in [1.54, 1.807) is 27.7 Å². The van der Waals surface area contributed by atoms with Crippen molar-refractivity contribution in [1.82, 2.24) is 0 Å². The highest BCUT2D eigenvalue weighted by Gasteiger charge is 2.65. The minimum Gasteiger partial charge on any atom is -0.388 e. The fourth-order valence-corrected chi connectivity index (χ4v) is 9.20. The second-order valence-electron chi connectivity index (χ2n) is 17.7. The van der Waals surface area contributed by atoms with Gasteiger partial charge in [-0.15, -0.1) is 0 Å². The lowest BCUT2D eigenvalue weighted by atomic mass is 9.97. The standard InChI is InChI=1S/C14H22O6.C14H20O6.C9H16O6/c2*1-12(2)17-8-14(20-12)11(15)10-9(7-16-14)18-13(19-10)5-3-4-6-13;1-8(2)14-4-9(15-8)7(12)6(11)5(10)3-13-9/h9-11,15H,3-8H2,1-2H3;9-10H,3-8H2,1-2H3;5-7,10-12H,3-4H2,1-2H3/t9-,10-,11+,14+;9-,10-,14+;5-,6-,7+,9+/m111/s1. The summed E-state index contributed by atoms with van der Waals surface area (Å²) in [5, 5.41) is 39.3. The number of aliphatic hydroxyl groups excluding tert-OH is 4. The van der Waals surface area contributed by atoms with Crippen molar-refractivity contribution in [3.8, 4) is 0 Å². The summed E-state index contributed by atoms with van der Waals surface area (Å²) in [5.41, 5.74) is 0. The molecule has 55 heavy (non-hydrogen) atoms. The van der Waals surface area contributed by atoms with Crippen LogP contribution < -0.4 is 0 Å². The van der Waals surface area contributed by atoms with Gasteiger partial charge in [0.05, 0.1) is 19.8 Å². The Labute approximate surface area is 320 Å². The molecule has 2 saturated carbocycles. The van der Waals surface area contributed by atoms with E-state index in [1.165, 1.54) is 0 Å². The van der Waals surface area contributed by atoms with Gasteiger partial charge in [-0.3, -0.25) is 4.79 Å². The van der Waals surface area contributed by atoms with E-state index in [2.05, 4.69) is 0 Å². The third-order valence-electron chi connectivity index (χ3n) is 12.0. The van der Waals surface area contributed by atoms with Crippen molar-refractivity contribution >= 4 is 5.78 Å². The predicted octanol–water partition coefficient (Wildman–Crippen LogP) is 0.609. The molecule has 8 heterocycles. The SMILES string of the molecule is CC1(C)OC[C@]2(OC[C@@H](O)[C@@H](O)[C@@H]2O)O1.CC1(C)OC[C@]2(OC[C@H]3OC4(CCCC4)O[C@H]3C2=O)O1.CC1(C)OC[C@]2(OC[C@H]3OC4(CCCC4)O[C@H]3[C@@H]2O)O1. The van der Waals surface area contributed by atoms with Gasteiger partial charge >= 0.3 is 0 Å². The molecule has 0 bridgehead atoms. The molecule has 8 saturated heterocycles. The first kappa shape index (κ1) is 40.8. The number of Topliss-reactive ketones (excluding diaryl/α,β-unsaturated/α-hetero) is 1. The van der Waals surface area contributed by atoms with Gasteiger partial charge in [0.15, 0.2) is 35.0 Å². The number of rotatable bonds is 0. The van der Waals surface area contributed by atoms with Crippen molar-refractivity contribution in [1.29, 1.82) is 0 Å². The van der Waals surface area contributed by atoms with Crippen LogP contribution in [-0.2, 0) is 66.4 Å². The van der Waals surface area contributed by atoms with E-state index in [9.17, 15) is 25.2 Å². The summed E-state index contributed by atoms with van der Waals surface area (Å²) in [7, 11) is 0. The van der Waals surface area contributed by atoms with Crippen LogP contribution in [0.25, 0.3) is 0 Å². The quantitative estimate of drug-likeness (QED) is 0.264. The number of carbonyl (C=O) groups excluding carboxylic acids is 1. The predicted molar refractivity (Wildman–Crippen MR) is 180 cm³/mol. The maximum absolute atomic E-state index is 12.7. The fraction of sp³-hybridized carbons (Fsp3) is 0.973. The van der Waals surface area contributed by atoms with Gasteiger partial charge in [0.25, 0.3) is 5.79 Å². The first-order chi connectivity index (χ1) is 25.7. The van der Waals surface area contributed by atoms with E-state index < -0.39 is 82.9 Å².